The quantitative estimate of drug-likeness (QED) is 0.795. The van der Waals surface area contributed by atoms with Gasteiger partial charge < -0.3 is 5.32 Å². The summed E-state index contributed by atoms with van der Waals surface area (Å²) in [6, 6.07) is 0. The highest BCUT2D eigenvalue weighted by Gasteiger charge is 2.36. The van der Waals surface area contributed by atoms with Crippen LogP contribution < -0.4 is 5.32 Å². The standard InChI is InChI=1S/C12H21NO3S/c1-17(15,16)10-4-2-3-9(7-10)11-8-13-6-5-12(11)14/h9-11,13H,2-8H2,1H3. The number of hydrogen-bond acceptors (Lipinski definition) is 4. The summed E-state index contributed by atoms with van der Waals surface area (Å²) in [7, 11) is -2.95. The minimum atomic E-state index is -2.95. The van der Waals surface area contributed by atoms with E-state index >= 15 is 0 Å². The molecule has 1 saturated carbocycles. The third-order valence-corrected chi connectivity index (χ3v) is 5.81. The van der Waals surface area contributed by atoms with Crippen LogP contribution in [0.4, 0.5) is 0 Å². The van der Waals surface area contributed by atoms with Crippen LogP contribution in [0, 0.1) is 11.8 Å². The summed E-state index contributed by atoms with van der Waals surface area (Å²) in [6.07, 6.45) is 5.31. The topological polar surface area (TPSA) is 63.2 Å². The average Bonchev–Trinajstić information content (AvgIpc) is 2.29. The number of rotatable bonds is 2. The maximum absolute atomic E-state index is 11.9. The zero-order valence-electron chi connectivity index (χ0n) is 10.3. The molecule has 0 aromatic carbocycles. The van der Waals surface area contributed by atoms with E-state index in [1.807, 2.05) is 0 Å². The molecule has 0 amide bonds. The van der Waals surface area contributed by atoms with Crippen molar-refractivity contribution < 1.29 is 13.2 Å². The van der Waals surface area contributed by atoms with E-state index in [-0.39, 0.29) is 17.1 Å². The number of carbonyl (C=O) groups excluding carboxylic acids is 1. The molecule has 0 radical (unpaired) electrons. The molecule has 5 heteroatoms. The lowest BCUT2D eigenvalue weighted by Crippen LogP contribution is -2.43. The Morgan fingerprint density at radius 2 is 2.06 bits per heavy atom. The number of Topliss-reactive ketones (excluding diaryl/α,β-unsaturated/α-hetero) is 1. The average molecular weight is 259 g/mol. The minimum Gasteiger partial charge on any atom is -0.316 e. The van der Waals surface area contributed by atoms with Gasteiger partial charge >= 0.3 is 0 Å². The maximum atomic E-state index is 11.9. The van der Waals surface area contributed by atoms with Crippen LogP contribution in [-0.2, 0) is 14.6 Å². The fraction of sp³-hybridized carbons (Fsp3) is 0.917. The maximum Gasteiger partial charge on any atom is 0.150 e. The smallest absolute Gasteiger partial charge is 0.150 e. The van der Waals surface area contributed by atoms with E-state index in [1.54, 1.807) is 0 Å². The van der Waals surface area contributed by atoms with Gasteiger partial charge in [0, 0.05) is 31.7 Å². The van der Waals surface area contributed by atoms with Gasteiger partial charge in [-0.2, -0.15) is 0 Å². The van der Waals surface area contributed by atoms with Gasteiger partial charge in [-0.25, -0.2) is 8.42 Å². The molecule has 2 rings (SSSR count). The first-order valence-corrected chi connectivity index (χ1v) is 8.36. The molecule has 0 bridgehead atoms. The normalized spacial score (nSPS) is 35.8. The molecule has 0 spiro atoms. The fourth-order valence-electron chi connectivity index (χ4n) is 3.13. The highest BCUT2D eigenvalue weighted by Crippen LogP contribution is 2.34. The lowest BCUT2D eigenvalue weighted by atomic mass is 9.76. The summed E-state index contributed by atoms with van der Waals surface area (Å²) < 4.78 is 23.2. The summed E-state index contributed by atoms with van der Waals surface area (Å²) in [6.45, 7) is 1.51. The zero-order valence-corrected chi connectivity index (χ0v) is 11.1. The molecule has 1 aliphatic heterocycles. The van der Waals surface area contributed by atoms with Crippen molar-refractivity contribution in [2.75, 3.05) is 19.3 Å². The third kappa shape index (κ3) is 3.07. The van der Waals surface area contributed by atoms with Crippen LogP contribution in [-0.4, -0.2) is 38.8 Å². The van der Waals surface area contributed by atoms with E-state index in [2.05, 4.69) is 5.32 Å². The Hall–Kier alpha value is -0.420. The van der Waals surface area contributed by atoms with Gasteiger partial charge in [0.25, 0.3) is 0 Å². The molecule has 1 aliphatic carbocycles. The Bertz CT molecular complexity index is 391. The van der Waals surface area contributed by atoms with Crippen molar-refractivity contribution in [2.24, 2.45) is 11.8 Å². The molecule has 98 valence electrons. The summed E-state index contributed by atoms with van der Waals surface area (Å²) in [5.41, 5.74) is 0. The summed E-state index contributed by atoms with van der Waals surface area (Å²) in [4.78, 5) is 11.9. The van der Waals surface area contributed by atoms with Gasteiger partial charge in [0.05, 0.1) is 5.25 Å². The van der Waals surface area contributed by atoms with Crippen molar-refractivity contribution in [3.63, 3.8) is 0 Å². The molecule has 1 saturated heterocycles. The lowest BCUT2D eigenvalue weighted by molar-refractivity contribution is -0.126. The number of carbonyl (C=O) groups is 1. The van der Waals surface area contributed by atoms with Crippen LogP contribution >= 0.6 is 0 Å². The molecule has 0 aromatic heterocycles. The molecule has 17 heavy (non-hydrogen) atoms. The zero-order chi connectivity index (χ0) is 12.5. The molecule has 1 N–H and O–H groups in total. The second-order valence-corrected chi connectivity index (χ2v) is 7.73. The second-order valence-electron chi connectivity index (χ2n) is 5.41. The number of ketones is 1. The Balaban J connectivity index is 2.04. The summed E-state index contributed by atoms with van der Waals surface area (Å²) in [5.74, 6) is 0.639. The van der Waals surface area contributed by atoms with Gasteiger partial charge in [0.2, 0.25) is 0 Å². The number of nitrogens with one attached hydrogen (secondary N) is 1. The number of sulfone groups is 1. The number of hydrogen-bond donors (Lipinski definition) is 1. The summed E-state index contributed by atoms with van der Waals surface area (Å²) >= 11 is 0. The van der Waals surface area contributed by atoms with Crippen LogP contribution in [0.15, 0.2) is 0 Å². The molecule has 2 aliphatic rings. The van der Waals surface area contributed by atoms with E-state index in [0.717, 1.165) is 32.4 Å². The molecule has 3 unspecified atom stereocenters. The first-order valence-electron chi connectivity index (χ1n) is 6.41. The van der Waals surface area contributed by atoms with Gasteiger partial charge in [-0.15, -0.1) is 0 Å². The fourth-order valence-corrected chi connectivity index (χ4v) is 4.32. The molecule has 0 aromatic rings. The molecule has 4 nitrogen and oxygen atoms in total. The van der Waals surface area contributed by atoms with Gasteiger partial charge in [0.15, 0.2) is 0 Å². The SMILES string of the molecule is CS(=O)(=O)C1CCCC(C2CNCCC2=O)C1. The van der Waals surface area contributed by atoms with E-state index in [0.29, 0.717) is 18.6 Å². The van der Waals surface area contributed by atoms with Crippen LogP contribution in [0.25, 0.3) is 0 Å². The Morgan fingerprint density at radius 1 is 1.29 bits per heavy atom. The number of piperidine rings is 1. The van der Waals surface area contributed by atoms with Gasteiger partial charge in [0.1, 0.15) is 15.6 Å². The first kappa shape index (κ1) is 13.0. The first-order chi connectivity index (χ1) is 7.98. The van der Waals surface area contributed by atoms with Gasteiger partial charge in [-0.1, -0.05) is 6.42 Å². The van der Waals surface area contributed by atoms with E-state index < -0.39 is 9.84 Å². The Morgan fingerprint density at radius 3 is 2.71 bits per heavy atom. The van der Waals surface area contributed by atoms with Crippen LogP contribution in [0.2, 0.25) is 0 Å². The summed E-state index contributed by atoms with van der Waals surface area (Å²) in [5, 5.41) is 3.02. The van der Waals surface area contributed by atoms with E-state index in [9.17, 15) is 13.2 Å². The van der Waals surface area contributed by atoms with Gasteiger partial charge in [-0.3, -0.25) is 4.79 Å². The third-order valence-electron chi connectivity index (χ3n) is 4.17. The van der Waals surface area contributed by atoms with Crippen LogP contribution in [0.3, 0.4) is 0 Å². The molecule has 1 heterocycles. The van der Waals surface area contributed by atoms with Crippen LogP contribution in [0.5, 0.6) is 0 Å². The van der Waals surface area contributed by atoms with Crippen LogP contribution in [0.1, 0.15) is 32.1 Å². The van der Waals surface area contributed by atoms with Gasteiger partial charge in [-0.05, 0) is 25.2 Å². The Labute approximate surface area is 103 Å². The van der Waals surface area contributed by atoms with Crippen molar-refractivity contribution in [3.8, 4) is 0 Å². The molecular weight excluding hydrogens is 238 g/mol. The van der Waals surface area contributed by atoms with Crippen molar-refractivity contribution in [1.29, 1.82) is 0 Å². The molecule has 2 fully saturated rings. The molecule has 3 atom stereocenters. The monoisotopic (exact) mass is 259 g/mol. The predicted octanol–water partition coefficient (Wildman–Crippen LogP) is 0.768. The highest BCUT2D eigenvalue weighted by molar-refractivity contribution is 7.91. The van der Waals surface area contributed by atoms with E-state index in [4.69, 9.17) is 0 Å². The molecular formula is C12H21NO3S. The van der Waals surface area contributed by atoms with Crippen molar-refractivity contribution in [3.05, 3.63) is 0 Å². The van der Waals surface area contributed by atoms with Crippen molar-refractivity contribution in [2.45, 2.75) is 37.4 Å². The highest BCUT2D eigenvalue weighted by atomic mass is 32.2. The van der Waals surface area contributed by atoms with Crippen molar-refractivity contribution >= 4 is 15.6 Å². The van der Waals surface area contributed by atoms with E-state index in [1.165, 1.54) is 6.26 Å². The second kappa shape index (κ2) is 5.06. The van der Waals surface area contributed by atoms with Crippen molar-refractivity contribution in [1.82, 2.24) is 5.32 Å². The lowest BCUT2D eigenvalue weighted by Gasteiger charge is -2.35. The minimum absolute atomic E-state index is 0.0494. The predicted molar refractivity (Wildman–Crippen MR) is 66.6 cm³/mol. The Kier molecular flexibility index (Phi) is 3.88. The largest absolute Gasteiger partial charge is 0.316 e.